The second-order valence-electron chi connectivity index (χ2n) is 5.63. The molecular weight excluding hydrogens is 316 g/mol. The predicted octanol–water partition coefficient (Wildman–Crippen LogP) is 0.620. The van der Waals surface area contributed by atoms with Crippen molar-refractivity contribution in [2.45, 2.75) is 13.0 Å². The summed E-state index contributed by atoms with van der Waals surface area (Å²) in [7, 11) is 0. The summed E-state index contributed by atoms with van der Waals surface area (Å²) in [5.41, 5.74) is 6.41. The van der Waals surface area contributed by atoms with E-state index in [1.807, 2.05) is 24.3 Å². The Hall–Kier alpha value is -1.63. The van der Waals surface area contributed by atoms with Crippen molar-refractivity contribution in [1.29, 1.82) is 0 Å². The van der Waals surface area contributed by atoms with E-state index in [4.69, 9.17) is 17.3 Å². The largest absolute Gasteiger partial charge is 0.346 e. The van der Waals surface area contributed by atoms with Gasteiger partial charge in [-0.3, -0.25) is 14.5 Å². The Morgan fingerprint density at radius 3 is 2.39 bits per heavy atom. The van der Waals surface area contributed by atoms with Crippen molar-refractivity contribution in [2.24, 2.45) is 5.73 Å². The number of benzene rings is 1. The Balaban J connectivity index is 1.82. The minimum absolute atomic E-state index is 0.0166. The molecule has 1 aromatic carbocycles. The van der Waals surface area contributed by atoms with Gasteiger partial charge in [-0.05, 0) is 24.6 Å². The Bertz CT molecular complexity index is 542. The van der Waals surface area contributed by atoms with Crippen LogP contribution in [0, 0.1) is 0 Å². The maximum Gasteiger partial charge on any atom is 0.242 e. The van der Waals surface area contributed by atoms with Gasteiger partial charge in [0, 0.05) is 37.2 Å². The van der Waals surface area contributed by atoms with Crippen molar-refractivity contribution in [3.05, 3.63) is 34.9 Å². The quantitative estimate of drug-likeness (QED) is 0.825. The zero-order valence-electron chi connectivity index (χ0n) is 13.3. The first-order chi connectivity index (χ1) is 11.0. The van der Waals surface area contributed by atoms with E-state index in [-0.39, 0.29) is 30.9 Å². The maximum absolute atomic E-state index is 12.0. The molecule has 126 valence electrons. The van der Waals surface area contributed by atoms with Gasteiger partial charge in [0.1, 0.15) is 0 Å². The molecule has 1 fully saturated rings. The lowest BCUT2D eigenvalue weighted by molar-refractivity contribution is -0.134. The van der Waals surface area contributed by atoms with Crippen LogP contribution < -0.4 is 11.1 Å². The van der Waals surface area contributed by atoms with Crippen LogP contribution in [0.2, 0.25) is 5.02 Å². The molecule has 0 spiro atoms. The lowest BCUT2D eigenvalue weighted by Crippen LogP contribution is -2.51. The van der Waals surface area contributed by atoms with E-state index in [0.29, 0.717) is 13.1 Å². The number of carbonyl (C=O) groups is 2. The van der Waals surface area contributed by atoms with Crippen molar-refractivity contribution in [3.63, 3.8) is 0 Å². The molecule has 23 heavy (non-hydrogen) atoms. The monoisotopic (exact) mass is 338 g/mol. The lowest BCUT2D eigenvalue weighted by Gasteiger charge is -2.38. The highest BCUT2D eigenvalue weighted by Gasteiger charge is 2.24. The Kier molecular flexibility index (Phi) is 6.38. The van der Waals surface area contributed by atoms with Gasteiger partial charge in [-0.1, -0.05) is 23.7 Å². The van der Waals surface area contributed by atoms with Crippen LogP contribution in [0.15, 0.2) is 24.3 Å². The average molecular weight is 339 g/mol. The first-order valence-electron chi connectivity index (χ1n) is 7.75. The molecule has 6 nitrogen and oxygen atoms in total. The normalized spacial score (nSPS) is 16.9. The van der Waals surface area contributed by atoms with Gasteiger partial charge >= 0.3 is 0 Å². The van der Waals surface area contributed by atoms with Crippen molar-refractivity contribution < 1.29 is 9.59 Å². The van der Waals surface area contributed by atoms with Crippen LogP contribution in [0.1, 0.15) is 18.5 Å². The minimum atomic E-state index is -0.312. The molecule has 2 amide bonds. The van der Waals surface area contributed by atoms with Crippen LogP contribution in [-0.2, 0) is 9.59 Å². The smallest absolute Gasteiger partial charge is 0.242 e. The first-order valence-corrected chi connectivity index (χ1v) is 8.13. The molecule has 2 rings (SSSR count). The van der Waals surface area contributed by atoms with E-state index in [0.717, 1.165) is 18.1 Å². The van der Waals surface area contributed by atoms with E-state index in [2.05, 4.69) is 17.1 Å². The molecule has 1 aromatic rings. The van der Waals surface area contributed by atoms with E-state index >= 15 is 0 Å². The summed E-state index contributed by atoms with van der Waals surface area (Å²) < 4.78 is 0. The maximum atomic E-state index is 12.0. The summed E-state index contributed by atoms with van der Waals surface area (Å²) in [6, 6.07) is 8.14. The van der Waals surface area contributed by atoms with Crippen LogP contribution in [0.25, 0.3) is 0 Å². The highest BCUT2D eigenvalue weighted by Crippen LogP contribution is 2.23. The van der Waals surface area contributed by atoms with Crippen LogP contribution in [0.4, 0.5) is 0 Å². The number of nitrogens with one attached hydrogen (secondary N) is 1. The lowest BCUT2D eigenvalue weighted by atomic mass is 10.1. The molecule has 1 heterocycles. The van der Waals surface area contributed by atoms with Crippen LogP contribution in [0.3, 0.4) is 0 Å². The van der Waals surface area contributed by atoms with Gasteiger partial charge < -0.3 is 16.0 Å². The van der Waals surface area contributed by atoms with E-state index in [1.54, 1.807) is 4.90 Å². The minimum Gasteiger partial charge on any atom is -0.346 e. The van der Waals surface area contributed by atoms with Crippen LogP contribution >= 0.6 is 11.6 Å². The molecule has 1 saturated heterocycles. The van der Waals surface area contributed by atoms with E-state index < -0.39 is 0 Å². The Labute approximate surface area is 141 Å². The number of nitrogens with zero attached hydrogens (tertiary/aromatic N) is 2. The Morgan fingerprint density at radius 1 is 1.22 bits per heavy atom. The fourth-order valence-electron chi connectivity index (χ4n) is 2.67. The molecule has 1 atom stereocenters. The van der Waals surface area contributed by atoms with Crippen LogP contribution in [0.5, 0.6) is 0 Å². The van der Waals surface area contributed by atoms with Gasteiger partial charge in [-0.15, -0.1) is 0 Å². The fraction of sp³-hybridized carbons (Fsp3) is 0.500. The highest BCUT2D eigenvalue weighted by molar-refractivity contribution is 6.30. The van der Waals surface area contributed by atoms with Gasteiger partial charge in [-0.2, -0.15) is 0 Å². The highest BCUT2D eigenvalue weighted by atomic mass is 35.5. The zero-order valence-corrected chi connectivity index (χ0v) is 14.1. The van der Waals surface area contributed by atoms with Gasteiger partial charge in [0.2, 0.25) is 11.8 Å². The molecule has 0 bridgehead atoms. The zero-order chi connectivity index (χ0) is 16.8. The summed E-state index contributed by atoms with van der Waals surface area (Å²) in [6.45, 7) is 5.01. The number of carbonyl (C=O) groups excluding carboxylic acids is 2. The first kappa shape index (κ1) is 17.7. The van der Waals surface area contributed by atoms with Gasteiger partial charge in [-0.25, -0.2) is 0 Å². The Morgan fingerprint density at radius 2 is 1.83 bits per heavy atom. The average Bonchev–Trinajstić information content (AvgIpc) is 2.59. The second-order valence-corrected chi connectivity index (χ2v) is 6.06. The van der Waals surface area contributed by atoms with E-state index in [1.165, 1.54) is 5.56 Å². The summed E-state index contributed by atoms with van der Waals surface area (Å²) in [6.07, 6.45) is 0. The third-order valence-electron chi connectivity index (χ3n) is 4.19. The number of hydrogen-bond donors (Lipinski definition) is 2. The van der Waals surface area contributed by atoms with Gasteiger partial charge in [0.25, 0.3) is 0 Å². The third-order valence-corrected chi connectivity index (χ3v) is 4.44. The number of hydrogen-bond acceptors (Lipinski definition) is 4. The molecule has 1 aliphatic rings. The molecule has 3 N–H and O–H groups in total. The molecule has 7 heteroatoms. The molecule has 1 aliphatic heterocycles. The number of halogens is 1. The number of amides is 2. The van der Waals surface area contributed by atoms with Gasteiger partial charge in [0.05, 0.1) is 13.1 Å². The molecule has 0 aromatic heterocycles. The van der Waals surface area contributed by atoms with Crippen molar-refractivity contribution in [1.82, 2.24) is 15.1 Å². The summed E-state index contributed by atoms with van der Waals surface area (Å²) >= 11 is 5.92. The SMILES string of the molecule is CC(c1ccc(Cl)cc1)N1CCN(C(=O)CNC(=O)CN)CC1. The summed E-state index contributed by atoms with van der Waals surface area (Å²) in [5.74, 6) is -0.376. The number of piperazine rings is 1. The number of nitrogens with two attached hydrogens (primary N) is 1. The predicted molar refractivity (Wildman–Crippen MR) is 90.1 cm³/mol. The molecule has 0 saturated carbocycles. The van der Waals surface area contributed by atoms with Crippen molar-refractivity contribution >= 4 is 23.4 Å². The van der Waals surface area contributed by atoms with Gasteiger partial charge in [0.15, 0.2) is 0 Å². The topological polar surface area (TPSA) is 78.7 Å². The standard InChI is InChI=1S/C16H23ClN4O2/c1-12(13-2-4-14(17)5-3-13)20-6-8-21(9-7-20)16(23)11-19-15(22)10-18/h2-5,12H,6-11,18H2,1H3,(H,19,22). The molecular formula is C16H23ClN4O2. The molecule has 0 aliphatic carbocycles. The third kappa shape index (κ3) is 4.92. The van der Waals surface area contributed by atoms with Crippen LogP contribution in [-0.4, -0.2) is 60.9 Å². The molecule has 1 unspecified atom stereocenters. The fourth-order valence-corrected chi connectivity index (χ4v) is 2.79. The van der Waals surface area contributed by atoms with Crippen molar-refractivity contribution in [2.75, 3.05) is 39.3 Å². The molecule has 0 radical (unpaired) electrons. The number of rotatable bonds is 5. The summed E-state index contributed by atoms with van der Waals surface area (Å²) in [4.78, 5) is 27.3. The van der Waals surface area contributed by atoms with Crippen molar-refractivity contribution in [3.8, 4) is 0 Å². The van der Waals surface area contributed by atoms with E-state index in [9.17, 15) is 9.59 Å². The second kappa shape index (κ2) is 8.29. The summed E-state index contributed by atoms with van der Waals surface area (Å²) in [5, 5.41) is 3.25.